The first-order valence-electron chi connectivity index (χ1n) is 15.0. The smallest absolute Gasteiger partial charge is 0.310 e. The van der Waals surface area contributed by atoms with Gasteiger partial charge < -0.3 is 9.13 Å². The molecule has 0 aliphatic carbocycles. The van der Waals surface area contributed by atoms with Crippen molar-refractivity contribution in [2.24, 2.45) is 0 Å². The summed E-state index contributed by atoms with van der Waals surface area (Å²) in [6.45, 7) is 8.11. The van der Waals surface area contributed by atoms with Gasteiger partial charge in [-0.3, -0.25) is 0 Å². The van der Waals surface area contributed by atoms with Crippen molar-refractivity contribution < 1.29 is 30.7 Å². The number of halogens is 7. The van der Waals surface area contributed by atoms with Gasteiger partial charge in [-0.1, -0.05) is 48.5 Å². The van der Waals surface area contributed by atoms with Crippen molar-refractivity contribution >= 4 is 49.3 Å². The van der Waals surface area contributed by atoms with Gasteiger partial charge in [0.25, 0.3) is 0 Å². The molecule has 2 heterocycles. The Morgan fingerprint density at radius 3 is 1.65 bits per heavy atom. The lowest BCUT2D eigenvalue weighted by molar-refractivity contribution is -0.138. The summed E-state index contributed by atoms with van der Waals surface area (Å²) in [5, 5.41) is 2.00. The average Bonchev–Trinajstić information content (AvgIpc) is 3.59. The zero-order valence-electron chi connectivity index (χ0n) is 25.0. The van der Waals surface area contributed by atoms with Crippen molar-refractivity contribution in [1.82, 2.24) is 9.13 Å². The highest BCUT2D eigenvalue weighted by Crippen LogP contribution is 2.46. The Labute approximate surface area is 273 Å². The molecule has 2 aromatic heterocycles. The van der Waals surface area contributed by atoms with Crippen LogP contribution in [0.15, 0.2) is 121 Å². The molecule has 0 unspecified atom stereocenters. The van der Waals surface area contributed by atoms with Gasteiger partial charge in [0.05, 0.1) is 45.5 Å². The van der Waals surface area contributed by atoms with Crippen LogP contribution in [0.2, 0.25) is 0 Å². The number of aromatic nitrogens is 2. The maximum absolute atomic E-state index is 14.5. The molecule has 8 aromatic rings. The number of alkyl halides is 6. The second-order valence-electron chi connectivity index (χ2n) is 11.6. The first-order chi connectivity index (χ1) is 23.5. The van der Waals surface area contributed by atoms with Crippen molar-refractivity contribution in [3.63, 3.8) is 0 Å². The van der Waals surface area contributed by atoms with Crippen molar-refractivity contribution in [2.75, 3.05) is 0 Å². The first kappa shape index (κ1) is 30.3. The van der Waals surface area contributed by atoms with Crippen LogP contribution < -0.4 is 0 Å². The summed E-state index contributed by atoms with van der Waals surface area (Å²) in [7, 11) is 0. The topological polar surface area (TPSA) is 14.2 Å². The van der Waals surface area contributed by atoms with Gasteiger partial charge in [-0.15, -0.1) is 0 Å². The molecule has 8 rings (SSSR count). The van der Waals surface area contributed by atoms with Gasteiger partial charge in [-0.05, 0) is 78.4 Å². The van der Waals surface area contributed by atoms with Crippen LogP contribution in [0.4, 0.5) is 36.4 Å². The molecule has 0 radical (unpaired) electrons. The van der Waals surface area contributed by atoms with Crippen molar-refractivity contribution in [1.29, 1.82) is 0 Å². The Kier molecular flexibility index (Phi) is 6.62. The lowest BCUT2D eigenvalue weighted by Crippen LogP contribution is -2.08. The molecule has 0 saturated carbocycles. The van der Waals surface area contributed by atoms with Gasteiger partial charge in [0.1, 0.15) is 5.82 Å². The Morgan fingerprint density at radius 1 is 0.490 bits per heavy atom. The number of hydrogen-bond acceptors (Lipinski definition) is 0. The third-order valence-electron chi connectivity index (χ3n) is 8.85. The molecule has 10 heteroatoms. The van der Waals surface area contributed by atoms with E-state index in [1.54, 1.807) is 69.8 Å². The van der Waals surface area contributed by atoms with Crippen LogP contribution in [-0.2, 0) is 12.4 Å². The van der Waals surface area contributed by atoms with E-state index in [-0.39, 0.29) is 27.9 Å². The average molecular weight is 664 g/mol. The first-order valence-corrected chi connectivity index (χ1v) is 15.0. The lowest BCUT2D eigenvalue weighted by atomic mass is 9.96. The van der Waals surface area contributed by atoms with Crippen molar-refractivity contribution in [3.05, 3.63) is 150 Å². The van der Waals surface area contributed by atoms with Crippen LogP contribution in [0.3, 0.4) is 0 Å². The van der Waals surface area contributed by atoms with Crippen molar-refractivity contribution in [2.45, 2.75) is 12.4 Å². The molecule has 6 aromatic carbocycles. The van der Waals surface area contributed by atoms with E-state index in [1.807, 2.05) is 6.07 Å². The van der Waals surface area contributed by atoms with Crippen molar-refractivity contribution in [3.8, 4) is 22.5 Å². The number of fused-ring (bicyclic) bond motifs is 6. The zero-order valence-corrected chi connectivity index (χ0v) is 25.0. The minimum absolute atomic E-state index is 0.0343. The number of benzene rings is 6. The molecule has 0 spiro atoms. The highest BCUT2D eigenvalue weighted by molar-refractivity contribution is 6.12. The predicted octanol–water partition coefficient (Wildman–Crippen LogP) is 12.3. The fourth-order valence-corrected chi connectivity index (χ4v) is 6.80. The van der Waals surface area contributed by atoms with Crippen LogP contribution in [0, 0.1) is 12.4 Å². The molecule has 0 saturated heterocycles. The van der Waals surface area contributed by atoms with E-state index in [9.17, 15) is 30.7 Å². The normalized spacial score (nSPS) is 12.4. The molecule has 0 aliphatic heterocycles. The number of rotatable bonds is 3. The number of hydrogen-bond donors (Lipinski definition) is 0. The summed E-state index contributed by atoms with van der Waals surface area (Å²) in [6.07, 6.45) is -9.38. The summed E-state index contributed by atoms with van der Waals surface area (Å²) in [6, 6.07) is 29.5. The van der Waals surface area contributed by atoms with E-state index in [4.69, 9.17) is 6.57 Å². The summed E-state index contributed by atoms with van der Waals surface area (Å²) in [4.78, 5) is 3.73. The van der Waals surface area contributed by atoms with Gasteiger partial charge in [0, 0.05) is 32.8 Å². The molecule has 0 fully saturated rings. The molecule has 240 valence electrons. The highest BCUT2D eigenvalue weighted by atomic mass is 19.4. The van der Waals surface area contributed by atoms with E-state index in [0.717, 1.165) is 24.3 Å². The third-order valence-corrected chi connectivity index (χ3v) is 8.85. The molecule has 0 atom stereocenters. The number of para-hydroxylation sites is 2. The van der Waals surface area contributed by atoms with E-state index in [1.165, 1.54) is 30.3 Å². The molecule has 0 aliphatic rings. The fraction of sp³-hybridized carbons (Fsp3) is 0.0513. The van der Waals surface area contributed by atoms with Crippen LogP contribution in [-0.4, -0.2) is 9.13 Å². The van der Waals surface area contributed by atoms with Gasteiger partial charge >= 0.3 is 12.4 Å². The molecule has 0 N–H and O–H groups in total. The largest absolute Gasteiger partial charge is 0.416 e. The Bertz CT molecular complexity index is 2670. The zero-order chi connectivity index (χ0) is 34.2. The van der Waals surface area contributed by atoms with Gasteiger partial charge in [-0.2, -0.15) is 26.3 Å². The maximum atomic E-state index is 14.5. The fourth-order valence-electron chi connectivity index (χ4n) is 6.80. The van der Waals surface area contributed by atoms with Crippen LogP contribution >= 0.6 is 0 Å². The highest BCUT2D eigenvalue weighted by Gasteiger charge is 2.34. The Balaban J connectivity index is 1.53. The second kappa shape index (κ2) is 10.7. The summed E-state index contributed by atoms with van der Waals surface area (Å²) in [5.41, 5.74) is 1.02. The molecule has 0 bridgehead atoms. The van der Waals surface area contributed by atoms with Gasteiger partial charge in [0.2, 0.25) is 0 Å². The van der Waals surface area contributed by atoms with E-state index in [2.05, 4.69) is 4.85 Å². The van der Waals surface area contributed by atoms with Gasteiger partial charge in [-0.25, -0.2) is 9.24 Å². The van der Waals surface area contributed by atoms with E-state index < -0.39 is 29.3 Å². The molecule has 49 heavy (non-hydrogen) atoms. The monoisotopic (exact) mass is 663 g/mol. The third kappa shape index (κ3) is 4.72. The standard InChI is InChI=1S/C39H20F7N3/c1-47-30-9-6-12-36(49-32-11-5-3-8-26(32)28-21-24(40)15-18-34(28)49)37(30)29-20-23(39(44,45)46)14-17-35(29)48-31-10-4-2-7-25(31)27-19-22(38(41,42)43)13-16-33(27)48/h2-21H. The molecule has 3 nitrogen and oxygen atoms in total. The summed E-state index contributed by atoms with van der Waals surface area (Å²) in [5.74, 6) is -0.467. The van der Waals surface area contributed by atoms with E-state index in [0.29, 0.717) is 43.9 Å². The molecular formula is C39H20F7N3. The Morgan fingerprint density at radius 2 is 1.02 bits per heavy atom. The SMILES string of the molecule is [C-]#[N+]c1cccc(-n2c3ccccc3c3cc(F)ccc32)c1-c1cc(C(F)(F)F)ccc1-n1c2ccccc2c2cc(C(F)(F)F)ccc21. The number of nitrogens with zero attached hydrogens (tertiary/aromatic N) is 3. The summed E-state index contributed by atoms with van der Waals surface area (Å²) >= 11 is 0. The molecule has 0 amide bonds. The minimum atomic E-state index is -4.76. The van der Waals surface area contributed by atoms with Crippen LogP contribution in [0.5, 0.6) is 0 Å². The van der Waals surface area contributed by atoms with Gasteiger partial charge in [0.15, 0.2) is 5.69 Å². The summed E-state index contributed by atoms with van der Waals surface area (Å²) < 4.78 is 103. The van der Waals surface area contributed by atoms with Crippen LogP contribution in [0.1, 0.15) is 11.1 Å². The predicted molar refractivity (Wildman–Crippen MR) is 177 cm³/mol. The lowest BCUT2D eigenvalue weighted by Gasteiger charge is -2.21. The quantitative estimate of drug-likeness (QED) is 0.132. The maximum Gasteiger partial charge on any atom is 0.416 e. The van der Waals surface area contributed by atoms with E-state index >= 15 is 0 Å². The minimum Gasteiger partial charge on any atom is -0.310 e. The van der Waals surface area contributed by atoms with Crippen LogP contribution in [0.25, 0.3) is 71.0 Å². The Hall–Kier alpha value is -6.08. The molecular weight excluding hydrogens is 643 g/mol. The second-order valence-corrected chi connectivity index (χ2v) is 11.6.